The van der Waals surface area contributed by atoms with Crippen LogP contribution in [0, 0.1) is 0 Å². The number of hydrogen-bond acceptors (Lipinski definition) is 2. The van der Waals surface area contributed by atoms with Crippen molar-refractivity contribution in [2.75, 3.05) is 0 Å². The summed E-state index contributed by atoms with van der Waals surface area (Å²) in [6.07, 6.45) is 0. The Bertz CT molecular complexity index is 375. The van der Waals surface area contributed by atoms with Gasteiger partial charge >= 0.3 is 11.9 Å². The maximum absolute atomic E-state index is 10.7. The highest BCUT2D eigenvalue weighted by atomic mass is 35.5. The van der Waals surface area contributed by atoms with E-state index in [1.807, 2.05) is 0 Å². The van der Waals surface area contributed by atoms with Gasteiger partial charge in [-0.2, -0.15) is 0 Å². The average molecular weight is 235 g/mol. The standard InChI is InChI=1S/C8H4Cl2O4/c9-3-1-2-4(10)6(8(13)14)5(3)7(11)12/h1-2H,(H,11,12)(H,13,14). The molecule has 0 saturated carbocycles. The molecule has 0 fully saturated rings. The fourth-order valence-electron chi connectivity index (χ4n) is 0.970. The molecule has 0 atom stereocenters. The first-order valence-electron chi connectivity index (χ1n) is 3.39. The predicted octanol–water partition coefficient (Wildman–Crippen LogP) is 2.39. The number of aromatic carboxylic acids is 2. The van der Waals surface area contributed by atoms with E-state index in [1.54, 1.807) is 0 Å². The minimum absolute atomic E-state index is 0.153. The zero-order valence-corrected chi connectivity index (χ0v) is 8.13. The Kier molecular flexibility index (Phi) is 2.98. The van der Waals surface area contributed by atoms with Gasteiger partial charge in [0.05, 0.1) is 21.2 Å². The number of carboxylic acid groups (broad SMARTS) is 2. The first-order valence-corrected chi connectivity index (χ1v) is 4.15. The minimum atomic E-state index is -1.42. The van der Waals surface area contributed by atoms with Crippen LogP contribution >= 0.6 is 23.2 Å². The molecule has 1 rings (SSSR count). The number of carboxylic acids is 2. The number of rotatable bonds is 2. The summed E-state index contributed by atoms with van der Waals surface area (Å²) >= 11 is 11.1. The summed E-state index contributed by atoms with van der Waals surface area (Å²) in [6.45, 7) is 0. The molecule has 0 saturated heterocycles. The van der Waals surface area contributed by atoms with Crippen molar-refractivity contribution in [2.45, 2.75) is 0 Å². The Hall–Kier alpha value is -1.26. The highest BCUT2D eigenvalue weighted by molar-refractivity contribution is 6.38. The molecule has 0 spiro atoms. The van der Waals surface area contributed by atoms with Crippen molar-refractivity contribution < 1.29 is 19.8 Å². The normalized spacial score (nSPS) is 9.86. The zero-order chi connectivity index (χ0) is 10.9. The van der Waals surface area contributed by atoms with Crippen LogP contribution in [0.4, 0.5) is 0 Å². The van der Waals surface area contributed by atoms with Crippen LogP contribution in [0.25, 0.3) is 0 Å². The first kappa shape index (κ1) is 10.8. The molecule has 0 unspecified atom stereocenters. The van der Waals surface area contributed by atoms with Gasteiger partial charge in [0.15, 0.2) is 0 Å². The molecule has 74 valence electrons. The number of benzene rings is 1. The maximum atomic E-state index is 10.7. The van der Waals surface area contributed by atoms with Crippen molar-refractivity contribution >= 4 is 35.1 Å². The largest absolute Gasteiger partial charge is 0.478 e. The molecule has 4 nitrogen and oxygen atoms in total. The van der Waals surface area contributed by atoms with E-state index in [0.717, 1.165) is 0 Å². The van der Waals surface area contributed by atoms with Crippen molar-refractivity contribution in [2.24, 2.45) is 0 Å². The van der Waals surface area contributed by atoms with Crippen molar-refractivity contribution in [1.82, 2.24) is 0 Å². The van der Waals surface area contributed by atoms with Crippen LogP contribution in [-0.4, -0.2) is 22.2 Å². The average Bonchev–Trinajstić information content (AvgIpc) is 2.07. The highest BCUT2D eigenvalue weighted by Crippen LogP contribution is 2.26. The van der Waals surface area contributed by atoms with Gasteiger partial charge in [0.25, 0.3) is 0 Å². The molecule has 1 aromatic rings. The Morgan fingerprint density at radius 1 is 0.929 bits per heavy atom. The summed E-state index contributed by atoms with van der Waals surface area (Å²) in [7, 11) is 0. The molecule has 0 amide bonds. The van der Waals surface area contributed by atoms with Gasteiger partial charge < -0.3 is 10.2 Å². The molecular formula is C8H4Cl2O4. The Balaban J connectivity index is 3.58. The van der Waals surface area contributed by atoms with Crippen LogP contribution in [0.2, 0.25) is 10.0 Å². The molecule has 0 bridgehead atoms. The third-order valence-electron chi connectivity index (χ3n) is 1.53. The van der Waals surface area contributed by atoms with Gasteiger partial charge in [0.2, 0.25) is 0 Å². The van der Waals surface area contributed by atoms with Crippen LogP contribution in [0.5, 0.6) is 0 Å². The zero-order valence-electron chi connectivity index (χ0n) is 6.62. The second kappa shape index (κ2) is 3.86. The Morgan fingerprint density at radius 3 is 1.43 bits per heavy atom. The summed E-state index contributed by atoms with van der Waals surface area (Å²) in [5, 5.41) is 17.1. The highest BCUT2D eigenvalue weighted by Gasteiger charge is 2.22. The molecule has 0 aliphatic carbocycles. The van der Waals surface area contributed by atoms with Gasteiger partial charge in [-0.15, -0.1) is 0 Å². The van der Waals surface area contributed by atoms with Crippen molar-refractivity contribution in [3.05, 3.63) is 33.3 Å². The molecule has 0 aliphatic rings. The number of hydrogen-bond donors (Lipinski definition) is 2. The lowest BCUT2D eigenvalue weighted by atomic mass is 10.1. The summed E-state index contributed by atoms with van der Waals surface area (Å²) < 4.78 is 0. The smallest absolute Gasteiger partial charge is 0.338 e. The van der Waals surface area contributed by atoms with Gasteiger partial charge in [-0.1, -0.05) is 23.2 Å². The molecule has 6 heteroatoms. The van der Waals surface area contributed by atoms with E-state index in [9.17, 15) is 9.59 Å². The fourth-order valence-corrected chi connectivity index (χ4v) is 1.45. The molecule has 0 heterocycles. The topological polar surface area (TPSA) is 74.6 Å². The molecule has 2 N–H and O–H groups in total. The van der Waals surface area contributed by atoms with Crippen LogP contribution in [0.15, 0.2) is 12.1 Å². The summed E-state index contributed by atoms with van der Waals surface area (Å²) in [6, 6.07) is 2.47. The Labute approximate surface area is 88.7 Å². The minimum Gasteiger partial charge on any atom is -0.478 e. The van der Waals surface area contributed by atoms with Gasteiger partial charge in [0, 0.05) is 0 Å². The lowest BCUT2D eigenvalue weighted by molar-refractivity contribution is 0.0652. The third kappa shape index (κ3) is 1.81. The van der Waals surface area contributed by atoms with E-state index in [1.165, 1.54) is 12.1 Å². The molecule has 14 heavy (non-hydrogen) atoms. The monoisotopic (exact) mass is 234 g/mol. The summed E-state index contributed by atoms with van der Waals surface area (Å²) in [5.74, 6) is -2.84. The molecule has 0 radical (unpaired) electrons. The van der Waals surface area contributed by atoms with Crippen molar-refractivity contribution in [3.63, 3.8) is 0 Å². The summed E-state index contributed by atoms with van der Waals surface area (Å²) in [4.78, 5) is 21.4. The maximum Gasteiger partial charge on any atom is 0.338 e. The van der Waals surface area contributed by atoms with Crippen LogP contribution in [0.1, 0.15) is 20.7 Å². The number of carbonyl (C=O) groups is 2. The van der Waals surface area contributed by atoms with E-state index in [0.29, 0.717) is 0 Å². The summed E-state index contributed by atoms with van der Waals surface area (Å²) in [5.41, 5.74) is -0.988. The van der Waals surface area contributed by atoms with Crippen LogP contribution < -0.4 is 0 Å². The first-order chi connectivity index (χ1) is 6.45. The lowest BCUT2D eigenvalue weighted by Gasteiger charge is -2.05. The molecular weight excluding hydrogens is 231 g/mol. The van der Waals surface area contributed by atoms with E-state index in [-0.39, 0.29) is 10.0 Å². The van der Waals surface area contributed by atoms with E-state index in [4.69, 9.17) is 33.4 Å². The second-order valence-electron chi connectivity index (χ2n) is 2.39. The fraction of sp³-hybridized carbons (Fsp3) is 0. The van der Waals surface area contributed by atoms with Gasteiger partial charge in [0.1, 0.15) is 0 Å². The molecule has 0 aliphatic heterocycles. The van der Waals surface area contributed by atoms with Crippen LogP contribution in [-0.2, 0) is 0 Å². The number of halogens is 2. The van der Waals surface area contributed by atoms with Crippen molar-refractivity contribution in [3.8, 4) is 0 Å². The van der Waals surface area contributed by atoms with Gasteiger partial charge in [-0.25, -0.2) is 9.59 Å². The quantitative estimate of drug-likeness (QED) is 0.825. The Morgan fingerprint density at radius 2 is 1.21 bits per heavy atom. The van der Waals surface area contributed by atoms with E-state index >= 15 is 0 Å². The van der Waals surface area contributed by atoms with Crippen molar-refractivity contribution in [1.29, 1.82) is 0 Å². The van der Waals surface area contributed by atoms with Gasteiger partial charge in [-0.05, 0) is 12.1 Å². The SMILES string of the molecule is O=C(O)c1c(Cl)ccc(Cl)c1C(=O)O. The third-order valence-corrected chi connectivity index (χ3v) is 2.16. The van der Waals surface area contributed by atoms with Gasteiger partial charge in [-0.3, -0.25) is 0 Å². The van der Waals surface area contributed by atoms with E-state index in [2.05, 4.69) is 0 Å². The second-order valence-corrected chi connectivity index (χ2v) is 3.20. The molecule has 0 aromatic heterocycles. The predicted molar refractivity (Wildman–Crippen MR) is 50.4 cm³/mol. The van der Waals surface area contributed by atoms with E-state index < -0.39 is 23.1 Å². The lowest BCUT2D eigenvalue weighted by Crippen LogP contribution is -2.09. The molecule has 1 aromatic carbocycles. The van der Waals surface area contributed by atoms with Crippen LogP contribution in [0.3, 0.4) is 0 Å².